The number of carbonyl (C=O) groups excluding carboxylic acids is 1. The zero-order valence-electron chi connectivity index (χ0n) is 9.84. The molecule has 0 heterocycles. The number of rotatable bonds is 7. The Morgan fingerprint density at radius 3 is 2.21 bits per heavy atom. The second-order valence-corrected chi connectivity index (χ2v) is 3.70. The average Bonchev–Trinajstić information content (AvgIpc) is 2.02. The van der Waals surface area contributed by atoms with Crippen LogP contribution in [-0.2, 0) is 9.53 Å². The Balaban J connectivity index is 0. The molecule has 0 aliphatic rings. The molecule has 0 saturated heterocycles. The molecule has 0 unspecified atom stereocenters. The Morgan fingerprint density at radius 2 is 1.71 bits per heavy atom. The van der Waals surface area contributed by atoms with Gasteiger partial charge in [-0.3, -0.25) is 4.79 Å². The fraction of sp³-hybridized carbons (Fsp3) is 0.909. The number of ether oxygens (including phenoxy) is 1. The van der Waals surface area contributed by atoms with Crippen molar-refractivity contribution in [3.63, 3.8) is 0 Å². The first-order valence-electron chi connectivity index (χ1n) is 5.36. The largest absolute Gasteiger partial charge is 0.463 e. The van der Waals surface area contributed by atoms with Crippen LogP contribution in [0.5, 0.6) is 0 Å². The van der Waals surface area contributed by atoms with Crippen molar-refractivity contribution < 1.29 is 9.53 Å². The Morgan fingerprint density at radius 1 is 1.14 bits per heavy atom. The summed E-state index contributed by atoms with van der Waals surface area (Å²) in [4.78, 5) is 11.1. The molecule has 0 radical (unpaired) electrons. The van der Waals surface area contributed by atoms with E-state index in [1.54, 1.807) is 0 Å². The van der Waals surface area contributed by atoms with Gasteiger partial charge in [-0.1, -0.05) is 32.6 Å². The average molecular weight is 203 g/mol. The highest BCUT2D eigenvalue weighted by Gasteiger charge is 2.03. The van der Waals surface area contributed by atoms with Crippen LogP contribution in [0.15, 0.2) is 0 Å². The van der Waals surface area contributed by atoms with E-state index < -0.39 is 0 Å². The fourth-order valence-electron chi connectivity index (χ4n) is 1.19. The van der Waals surface area contributed by atoms with E-state index in [2.05, 4.69) is 6.92 Å². The molecule has 0 aromatic rings. The third-order valence-electron chi connectivity index (χ3n) is 1.85. The second kappa shape index (κ2) is 10.5. The van der Waals surface area contributed by atoms with E-state index in [0.29, 0.717) is 6.42 Å². The maximum absolute atomic E-state index is 11.1. The van der Waals surface area contributed by atoms with Gasteiger partial charge >= 0.3 is 5.97 Å². The summed E-state index contributed by atoms with van der Waals surface area (Å²) in [6.07, 6.45) is 6.51. The lowest BCUT2D eigenvalue weighted by atomic mass is 10.1. The molecule has 0 spiro atoms. The van der Waals surface area contributed by atoms with Gasteiger partial charge in [0.2, 0.25) is 0 Å². The van der Waals surface area contributed by atoms with Crippen molar-refractivity contribution in [3.8, 4) is 0 Å². The molecule has 3 N–H and O–H groups in total. The maximum Gasteiger partial charge on any atom is 0.306 e. The molecule has 0 saturated carbocycles. The summed E-state index contributed by atoms with van der Waals surface area (Å²) in [6, 6.07) is 0. The van der Waals surface area contributed by atoms with Crippen molar-refractivity contribution >= 4 is 5.97 Å². The SMILES string of the molecule is CCCCCCCC(=O)OC(C)C.N. The van der Waals surface area contributed by atoms with Gasteiger partial charge in [-0.25, -0.2) is 0 Å². The highest BCUT2D eigenvalue weighted by atomic mass is 16.5. The molecule has 0 aromatic heterocycles. The summed E-state index contributed by atoms with van der Waals surface area (Å²) in [5.41, 5.74) is 0. The standard InChI is InChI=1S/C11H22O2.H3N/c1-4-5-6-7-8-9-11(12)13-10(2)3;/h10H,4-9H2,1-3H3;1H3. The van der Waals surface area contributed by atoms with Crippen molar-refractivity contribution in [1.82, 2.24) is 6.15 Å². The highest BCUT2D eigenvalue weighted by molar-refractivity contribution is 5.69. The lowest BCUT2D eigenvalue weighted by Gasteiger charge is -2.07. The van der Waals surface area contributed by atoms with E-state index in [1.807, 2.05) is 13.8 Å². The van der Waals surface area contributed by atoms with Crippen LogP contribution in [0.1, 0.15) is 59.3 Å². The molecule has 0 fully saturated rings. The van der Waals surface area contributed by atoms with Gasteiger partial charge in [0.1, 0.15) is 0 Å². The molecule has 0 amide bonds. The van der Waals surface area contributed by atoms with Crippen LogP contribution in [0.2, 0.25) is 0 Å². The van der Waals surface area contributed by atoms with Gasteiger partial charge in [-0.05, 0) is 20.3 Å². The van der Waals surface area contributed by atoms with E-state index in [-0.39, 0.29) is 18.2 Å². The summed E-state index contributed by atoms with van der Waals surface area (Å²) in [6.45, 7) is 5.96. The summed E-state index contributed by atoms with van der Waals surface area (Å²) >= 11 is 0. The number of esters is 1. The van der Waals surface area contributed by atoms with Crippen molar-refractivity contribution in [2.24, 2.45) is 0 Å². The van der Waals surface area contributed by atoms with Crippen LogP contribution in [-0.4, -0.2) is 12.1 Å². The van der Waals surface area contributed by atoms with Crippen molar-refractivity contribution in [1.29, 1.82) is 0 Å². The van der Waals surface area contributed by atoms with Crippen molar-refractivity contribution in [2.75, 3.05) is 0 Å². The Bertz CT molecular complexity index is 135. The molecule has 0 rings (SSSR count). The quantitative estimate of drug-likeness (QED) is 0.509. The van der Waals surface area contributed by atoms with E-state index in [0.717, 1.165) is 12.8 Å². The van der Waals surface area contributed by atoms with Crippen LogP contribution >= 0.6 is 0 Å². The van der Waals surface area contributed by atoms with Crippen LogP contribution in [0, 0.1) is 0 Å². The fourth-order valence-corrected chi connectivity index (χ4v) is 1.19. The van der Waals surface area contributed by atoms with Crippen LogP contribution in [0.25, 0.3) is 0 Å². The first-order valence-corrected chi connectivity index (χ1v) is 5.36. The molecule has 3 nitrogen and oxygen atoms in total. The molecular weight excluding hydrogens is 178 g/mol. The normalized spacial score (nSPS) is 9.71. The minimum atomic E-state index is -0.0495. The third kappa shape index (κ3) is 11.4. The molecule has 0 bridgehead atoms. The first-order chi connectivity index (χ1) is 6.16. The van der Waals surface area contributed by atoms with E-state index in [1.165, 1.54) is 19.3 Å². The van der Waals surface area contributed by atoms with Gasteiger partial charge in [-0.2, -0.15) is 0 Å². The number of hydrogen-bond donors (Lipinski definition) is 1. The molecule has 0 aromatic carbocycles. The lowest BCUT2D eigenvalue weighted by molar-refractivity contribution is -0.147. The van der Waals surface area contributed by atoms with Gasteiger partial charge in [0, 0.05) is 6.42 Å². The number of unbranched alkanes of at least 4 members (excludes halogenated alkanes) is 4. The Kier molecular flexibility index (Phi) is 11.9. The molecule has 86 valence electrons. The van der Waals surface area contributed by atoms with Gasteiger partial charge in [0.25, 0.3) is 0 Å². The Hall–Kier alpha value is -0.570. The van der Waals surface area contributed by atoms with Crippen LogP contribution < -0.4 is 6.15 Å². The predicted octanol–water partition coefficient (Wildman–Crippen LogP) is 3.46. The molecular formula is C11H25NO2. The zero-order chi connectivity index (χ0) is 10.1. The molecule has 3 heteroatoms. The van der Waals surface area contributed by atoms with E-state index in [9.17, 15) is 4.79 Å². The van der Waals surface area contributed by atoms with Gasteiger partial charge in [0.05, 0.1) is 6.10 Å². The summed E-state index contributed by atoms with van der Waals surface area (Å²) in [7, 11) is 0. The van der Waals surface area contributed by atoms with Gasteiger partial charge in [-0.15, -0.1) is 0 Å². The topological polar surface area (TPSA) is 61.3 Å². The zero-order valence-corrected chi connectivity index (χ0v) is 9.84. The molecule has 0 aliphatic heterocycles. The van der Waals surface area contributed by atoms with Crippen LogP contribution in [0.3, 0.4) is 0 Å². The smallest absolute Gasteiger partial charge is 0.306 e. The maximum atomic E-state index is 11.1. The summed E-state index contributed by atoms with van der Waals surface area (Å²) < 4.78 is 5.02. The first kappa shape index (κ1) is 15.9. The number of hydrogen-bond acceptors (Lipinski definition) is 3. The predicted molar refractivity (Wildman–Crippen MR) is 59.6 cm³/mol. The van der Waals surface area contributed by atoms with Crippen LogP contribution in [0.4, 0.5) is 0 Å². The number of carbonyl (C=O) groups is 1. The lowest BCUT2D eigenvalue weighted by Crippen LogP contribution is -2.10. The minimum absolute atomic E-state index is 0. The third-order valence-corrected chi connectivity index (χ3v) is 1.85. The van der Waals surface area contributed by atoms with Gasteiger partial charge < -0.3 is 10.9 Å². The Labute approximate surface area is 87.8 Å². The second-order valence-electron chi connectivity index (χ2n) is 3.70. The molecule has 0 atom stereocenters. The molecule has 0 aliphatic carbocycles. The monoisotopic (exact) mass is 203 g/mol. The van der Waals surface area contributed by atoms with Crippen molar-refractivity contribution in [2.45, 2.75) is 65.4 Å². The van der Waals surface area contributed by atoms with Gasteiger partial charge in [0.15, 0.2) is 0 Å². The van der Waals surface area contributed by atoms with E-state index in [4.69, 9.17) is 4.74 Å². The van der Waals surface area contributed by atoms with E-state index >= 15 is 0 Å². The minimum Gasteiger partial charge on any atom is -0.463 e. The molecule has 14 heavy (non-hydrogen) atoms. The summed E-state index contributed by atoms with van der Waals surface area (Å²) in [5.74, 6) is -0.0495. The van der Waals surface area contributed by atoms with Crippen molar-refractivity contribution in [3.05, 3.63) is 0 Å². The highest BCUT2D eigenvalue weighted by Crippen LogP contribution is 2.06. The summed E-state index contributed by atoms with van der Waals surface area (Å²) in [5, 5.41) is 0.